The molecule has 1 atom stereocenters. The highest BCUT2D eigenvalue weighted by Crippen LogP contribution is 2.34. The number of anilines is 2. The van der Waals surface area contributed by atoms with E-state index in [9.17, 15) is 19.1 Å². The Labute approximate surface area is 212 Å². The topological polar surface area (TPSA) is 107 Å². The fourth-order valence-corrected chi connectivity index (χ4v) is 5.08. The number of nitrogens with zero attached hydrogens (tertiary/aromatic N) is 3. The molecule has 0 saturated carbocycles. The maximum absolute atomic E-state index is 14.6. The van der Waals surface area contributed by atoms with Gasteiger partial charge in [-0.3, -0.25) is 14.6 Å². The van der Waals surface area contributed by atoms with Crippen LogP contribution in [0.4, 0.5) is 15.9 Å². The van der Waals surface area contributed by atoms with Crippen molar-refractivity contribution >= 4 is 34.9 Å². The van der Waals surface area contributed by atoms with Crippen LogP contribution in [0.5, 0.6) is 0 Å². The number of fused-ring (bicyclic) bond motifs is 1. The van der Waals surface area contributed by atoms with Gasteiger partial charge in [0.15, 0.2) is 0 Å². The summed E-state index contributed by atoms with van der Waals surface area (Å²) in [5.74, 6) is -0.520. The third-order valence-corrected chi connectivity index (χ3v) is 6.88. The van der Waals surface area contributed by atoms with Gasteiger partial charge in [-0.05, 0) is 55.2 Å². The number of halogens is 2. The van der Waals surface area contributed by atoms with E-state index in [1.165, 1.54) is 12.1 Å². The van der Waals surface area contributed by atoms with Gasteiger partial charge >= 0.3 is 0 Å². The Morgan fingerprint density at radius 2 is 2.14 bits per heavy atom. The number of amides is 2. The normalized spacial score (nSPS) is 16.7. The minimum atomic E-state index is -0.506. The molecule has 2 aromatic heterocycles. The second-order valence-electron chi connectivity index (χ2n) is 8.91. The van der Waals surface area contributed by atoms with Gasteiger partial charge in [-0.25, -0.2) is 9.37 Å². The van der Waals surface area contributed by atoms with Crippen molar-refractivity contribution in [1.29, 1.82) is 0 Å². The molecule has 186 valence electrons. The maximum atomic E-state index is 14.6. The number of benzene rings is 1. The number of hydrogen-bond donors (Lipinski definition) is 3. The summed E-state index contributed by atoms with van der Waals surface area (Å²) in [6.45, 7) is 1.06. The summed E-state index contributed by atoms with van der Waals surface area (Å²) >= 11 is 6.25. The largest absolute Gasteiger partial charge is 0.396 e. The van der Waals surface area contributed by atoms with Crippen LogP contribution in [0.2, 0.25) is 5.02 Å². The number of pyridine rings is 2. The molecule has 1 saturated heterocycles. The Morgan fingerprint density at radius 3 is 2.89 bits per heavy atom. The van der Waals surface area contributed by atoms with Gasteiger partial charge in [-0.15, -0.1) is 0 Å². The zero-order valence-electron chi connectivity index (χ0n) is 19.4. The lowest BCUT2D eigenvalue weighted by molar-refractivity contribution is -0.131. The van der Waals surface area contributed by atoms with Crippen molar-refractivity contribution in [2.75, 3.05) is 18.5 Å². The minimum absolute atomic E-state index is 0.00946. The number of aliphatic hydroxyl groups is 1. The predicted octanol–water partition coefficient (Wildman–Crippen LogP) is 3.84. The third kappa shape index (κ3) is 4.76. The molecule has 1 aromatic carbocycles. The molecule has 4 heterocycles. The van der Waals surface area contributed by atoms with Crippen LogP contribution in [-0.2, 0) is 17.8 Å². The smallest absolute Gasteiger partial charge is 0.255 e. The highest BCUT2D eigenvalue weighted by Gasteiger charge is 2.29. The molecule has 1 fully saturated rings. The molecule has 0 aliphatic carbocycles. The summed E-state index contributed by atoms with van der Waals surface area (Å²) in [6, 6.07) is 9.67. The first-order valence-electron chi connectivity index (χ1n) is 11.8. The lowest BCUT2D eigenvalue weighted by Gasteiger charge is -2.24. The molecule has 8 nitrogen and oxygen atoms in total. The Balaban J connectivity index is 1.37. The molecular formula is C26H25ClFN5O3. The fourth-order valence-electron chi connectivity index (χ4n) is 4.83. The van der Waals surface area contributed by atoms with Crippen LogP contribution in [-0.4, -0.2) is 51.0 Å². The van der Waals surface area contributed by atoms with Crippen molar-refractivity contribution in [3.63, 3.8) is 0 Å². The van der Waals surface area contributed by atoms with Gasteiger partial charge in [0.25, 0.3) is 5.91 Å². The SMILES string of the molecule is O=C1NCc2cc(-c3c(F)cccc3Cl)nc(Nc3ccc(CC(=O)N4CCC[C@H]4CCO)nc3)c21. The zero-order chi connectivity index (χ0) is 25.2. The quantitative estimate of drug-likeness (QED) is 0.447. The van der Waals surface area contributed by atoms with E-state index in [1.54, 1.807) is 30.5 Å². The summed E-state index contributed by atoms with van der Waals surface area (Å²) in [5, 5.41) is 15.4. The predicted molar refractivity (Wildman–Crippen MR) is 133 cm³/mol. The highest BCUT2D eigenvalue weighted by atomic mass is 35.5. The minimum Gasteiger partial charge on any atom is -0.396 e. The highest BCUT2D eigenvalue weighted by molar-refractivity contribution is 6.33. The van der Waals surface area contributed by atoms with Crippen molar-refractivity contribution in [2.24, 2.45) is 0 Å². The third-order valence-electron chi connectivity index (χ3n) is 6.57. The maximum Gasteiger partial charge on any atom is 0.255 e. The lowest BCUT2D eigenvalue weighted by atomic mass is 10.1. The molecular weight excluding hydrogens is 485 g/mol. The molecule has 0 radical (unpaired) electrons. The van der Waals surface area contributed by atoms with Crippen LogP contribution in [0.15, 0.2) is 42.6 Å². The molecule has 3 aromatic rings. The Kier molecular flexibility index (Phi) is 6.84. The summed E-state index contributed by atoms with van der Waals surface area (Å²) < 4.78 is 14.6. The van der Waals surface area contributed by atoms with Gasteiger partial charge in [0, 0.05) is 31.4 Å². The van der Waals surface area contributed by atoms with Crippen molar-refractivity contribution in [2.45, 2.75) is 38.3 Å². The number of carbonyl (C=O) groups is 2. The number of aromatic nitrogens is 2. The molecule has 3 N–H and O–H groups in total. The number of likely N-dealkylation sites (tertiary alicyclic amines) is 1. The van der Waals surface area contributed by atoms with Gasteiger partial charge in [-0.2, -0.15) is 0 Å². The molecule has 2 aliphatic rings. The van der Waals surface area contributed by atoms with Crippen LogP contribution in [0.3, 0.4) is 0 Å². The van der Waals surface area contributed by atoms with Crippen molar-refractivity contribution in [3.8, 4) is 11.3 Å². The van der Waals surface area contributed by atoms with Crippen molar-refractivity contribution < 1.29 is 19.1 Å². The van der Waals surface area contributed by atoms with E-state index in [1.807, 2.05) is 4.90 Å². The molecule has 5 rings (SSSR count). The number of carbonyl (C=O) groups excluding carboxylic acids is 2. The van der Waals surface area contributed by atoms with E-state index in [0.29, 0.717) is 47.7 Å². The van der Waals surface area contributed by atoms with E-state index < -0.39 is 5.82 Å². The van der Waals surface area contributed by atoms with Crippen molar-refractivity contribution in [3.05, 3.63) is 70.3 Å². The first-order chi connectivity index (χ1) is 17.4. The van der Waals surface area contributed by atoms with Gasteiger partial charge in [0.1, 0.15) is 11.6 Å². The zero-order valence-corrected chi connectivity index (χ0v) is 20.2. The first kappa shape index (κ1) is 24.1. The van der Waals surface area contributed by atoms with Crippen LogP contribution in [0.1, 0.15) is 40.9 Å². The van der Waals surface area contributed by atoms with Gasteiger partial charge in [0.2, 0.25) is 5.91 Å². The summed E-state index contributed by atoms with van der Waals surface area (Å²) in [4.78, 5) is 36.0. The number of rotatable bonds is 7. The van der Waals surface area contributed by atoms with E-state index in [4.69, 9.17) is 11.6 Å². The second-order valence-corrected chi connectivity index (χ2v) is 9.31. The Bertz CT molecular complexity index is 1300. The summed E-state index contributed by atoms with van der Waals surface area (Å²) in [6.07, 6.45) is 4.17. The number of nitrogens with one attached hydrogen (secondary N) is 2. The van der Waals surface area contributed by atoms with Crippen LogP contribution in [0.25, 0.3) is 11.3 Å². The molecule has 10 heteroatoms. The first-order valence-corrected chi connectivity index (χ1v) is 12.2. The molecule has 0 spiro atoms. The van der Waals surface area contributed by atoms with Crippen LogP contribution in [0, 0.1) is 5.82 Å². The molecule has 36 heavy (non-hydrogen) atoms. The molecule has 2 amide bonds. The Morgan fingerprint density at radius 1 is 1.28 bits per heavy atom. The number of aliphatic hydroxyl groups excluding tert-OH is 1. The van der Waals surface area contributed by atoms with Crippen LogP contribution >= 0.6 is 11.6 Å². The monoisotopic (exact) mass is 509 g/mol. The van der Waals surface area contributed by atoms with E-state index in [0.717, 1.165) is 12.8 Å². The van der Waals surface area contributed by atoms with Crippen molar-refractivity contribution in [1.82, 2.24) is 20.2 Å². The summed E-state index contributed by atoms with van der Waals surface area (Å²) in [7, 11) is 0. The molecule has 2 aliphatic heterocycles. The van der Waals surface area contributed by atoms with Gasteiger partial charge < -0.3 is 20.6 Å². The second kappa shape index (κ2) is 10.2. The fraction of sp³-hybridized carbons (Fsp3) is 0.308. The van der Waals surface area contributed by atoms with E-state index in [-0.39, 0.29) is 47.3 Å². The van der Waals surface area contributed by atoms with E-state index in [2.05, 4.69) is 20.6 Å². The van der Waals surface area contributed by atoms with Crippen LogP contribution < -0.4 is 10.6 Å². The van der Waals surface area contributed by atoms with E-state index >= 15 is 0 Å². The molecule has 0 bridgehead atoms. The van der Waals surface area contributed by atoms with Gasteiger partial charge in [-0.1, -0.05) is 17.7 Å². The standard InChI is InChI=1S/C26H25ClFN5O3/c27-19-4-1-5-20(28)24(19)21-11-15-13-30-26(36)23(15)25(32-21)31-17-7-6-16(29-14-17)12-22(35)33-9-2-3-18(33)8-10-34/h1,4-7,11,14,18,34H,2-3,8-10,12-13H2,(H,30,36)(H,31,32)/t18-/m0/s1. The molecule has 0 unspecified atom stereocenters. The lowest BCUT2D eigenvalue weighted by Crippen LogP contribution is -2.37. The number of hydrogen-bond acceptors (Lipinski definition) is 6. The van der Waals surface area contributed by atoms with Gasteiger partial charge in [0.05, 0.1) is 40.1 Å². The average molecular weight is 510 g/mol. The summed E-state index contributed by atoms with van der Waals surface area (Å²) in [5.41, 5.74) is 2.73. The Hall–Kier alpha value is -3.56. The average Bonchev–Trinajstić information content (AvgIpc) is 3.47.